The molecule has 21 heteroatoms. The molecule has 0 bridgehead atoms. The molecular weight excluding hydrogens is 714 g/mol. The summed E-state index contributed by atoms with van der Waals surface area (Å²) in [6.45, 7) is 5.09. The summed E-state index contributed by atoms with van der Waals surface area (Å²) in [5, 5.41) is 76.1. The predicted octanol–water partition coefficient (Wildman–Crippen LogP) is 6.67. The Kier molecular flexibility index (Phi) is 11.6. The molecule has 250 valence electrons. The number of H-pyrrole nitrogens is 1. The molecule has 0 fully saturated rings. The first-order chi connectivity index (χ1) is 22.1. The monoisotopic (exact) mass is 737 g/mol. The zero-order valence-electron chi connectivity index (χ0n) is 24.8. The second kappa shape index (κ2) is 15.0. The molecule has 0 amide bonds. The molecule has 0 aliphatic rings. The number of aromatic amines is 1. The minimum atomic E-state index is -4.82. The summed E-state index contributed by atoms with van der Waals surface area (Å²) in [5.74, 6) is -1.56. The van der Waals surface area contributed by atoms with Crippen LogP contribution in [0.15, 0.2) is 79.9 Å². The first-order valence-electron chi connectivity index (χ1n) is 13.0. The van der Waals surface area contributed by atoms with Gasteiger partial charge in [-0.15, -0.1) is 20.5 Å². The summed E-state index contributed by atoms with van der Waals surface area (Å²) < 4.78 is 33.1. The molecule has 2 aromatic heterocycles. The van der Waals surface area contributed by atoms with Gasteiger partial charge in [0.25, 0.3) is 10.1 Å². The number of hydrogen-bond acceptors (Lipinski definition) is 14. The number of nitro groups is 1. The van der Waals surface area contributed by atoms with Crippen molar-refractivity contribution in [3.05, 3.63) is 86.7 Å². The number of nitro benzene ring substituents is 1. The Morgan fingerprint density at radius 3 is 2.08 bits per heavy atom. The predicted molar refractivity (Wildman–Crippen MR) is 166 cm³/mol. The van der Waals surface area contributed by atoms with E-state index in [0.29, 0.717) is 28.5 Å². The van der Waals surface area contributed by atoms with E-state index in [1.54, 1.807) is 19.1 Å². The maximum atomic E-state index is 11.4. The SMILES string of the molecule is Cc1ccc(-n2nc(C)c(N=Nc3cc(S(=O)(=O)O)cc([N+](=O)[O-])c3O)c2O)cc1.Cc1n[nH]c(O)c1N=Nc1cc(Cl)ccc1O.[Cr]. The Morgan fingerprint density at radius 2 is 1.50 bits per heavy atom. The van der Waals surface area contributed by atoms with Crippen LogP contribution in [-0.4, -0.2) is 58.3 Å². The number of benzene rings is 3. The van der Waals surface area contributed by atoms with Crippen LogP contribution in [-0.2, 0) is 27.5 Å². The topological polar surface area (TPSA) is 274 Å². The Balaban J connectivity index is 0.000000295. The molecule has 5 aromatic rings. The molecule has 3 aromatic carbocycles. The maximum Gasteiger partial charge on any atom is 0.314 e. The van der Waals surface area contributed by atoms with Crippen molar-refractivity contribution in [2.24, 2.45) is 20.5 Å². The van der Waals surface area contributed by atoms with Gasteiger partial charge < -0.3 is 20.4 Å². The number of azo groups is 2. The Morgan fingerprint density at radius 1 is 0.875 bits per heavy atom. The van der Waals surface area contributed by atoms with Gasteiger partial charge in [0.2, 0.25) is 17.5 Å². The fourth-order valence-corrected chi connectivity index (χ4v) is 4.44. The zero-order valence-corrected chi connectivity index (χ0v) is 27.7. The summed E-state index contributed by atoms with van der Waals surface area (Å²) in [4.78, 5) is 9.17. The fourth-order valence-electron chi connectivity index (χ4n) is 3.75. The largest absolute Gasteiger partial charge is 0.506 e. The van der Waals surface area contributed by atoms with Crippen LogP contribution in [0.4, 0.5) is 28.4 Å². The number of hydrogen-bond donors (Lipinski definition) is 6. The van der Waals surface area contributed by atoms with Crippen molar-refractivity contribution in [3.63, 3.8) is 0 Å². The Bertz CT molecular complexity index is 2130. The van der Waals surface area contributed by atoms with Crippen LogP contribution in [0.3, 0.4) is 0 Å². The van der Waals surface area contributed by atoms with E-state index in [-0.39, 0.29) is 57.6 Å². The normalized spacial score (nSPS) is 11.4. The molecule has 0 aliphatic carbocycles. The van der Waals surface area contributed by atoms with Crippen molar-refractivity contribution in [1.82, 2.24) is 20.0 Å². The van der Waals surface area contributed by atoms with Crippen molar-refractivity contribution in [3.8, 4) is 28.9 Å². The van der Waals surface area contributed by atoms with Crippen molar-refractivity contribution < 1.29 is 55.7 Å². The van der Waals surface area contributed by atoms with Crippen LogP contribution in [0.25, 0.3) is 5.69 Å². The number of aryl methyl sites for hydroxylation is 3. The number of phenols is 2. The number of aromatic nitrogens is 4. The van der Waals surface area contributed by atoms with E-state index in [0.717, 1.165) is 5.56 Å². The summed E-state index contributed by atoms with van der Waals surface area (Å²) in [6.07, 6.45) is 0. The van der Waals surface area contributed by atoms with Crippen LogP contribution in [0.1, 0.15) is 17.0 Å². The van der Waals surface area contributed by atoms with Crippen molar-refractivity contribution in [2.45, 2.75) is 25.7 Å². The molecule has 0 unspecified atom stereocenters. The third-order valence-electron chi connectivity index (χ3n) is 6.17. The van der Waals surface area contributed by atoms with Crippen molar-refractivity contribution >= 4 is 50.2 Å². The molecule has 0 spiro atoms. The second-order valence-electron chi connectivity index (χ2n) is 9.59. The number of nitrogens with one attached hydrogen (secondary N) is 1. The van der Waals surface area contributed by atoms with E-state index in [2.05, 4.69) is 35.8 Å². The van der Waals surface area contributed by atoms with Crippen LogP contribution in [0.2, 0.25) is 5.02 Å². The van der Waals surface area contributed by atoms with Gasteiger partial charge in [0, 0.05) is 28.5 Å². The Labute approximate surface area is 286 Å². The van der Waals surface area contributed by atoms with Gasteiger partial charge in [-0.1, -0.05) is 29.3 Å². The summed E-state index contributed by atoms with van der Waals surface area (Å²) in [5.41, 5.74) is 1.04. The molecule has 48 heavy (non-hydrogen) atoms. The van der Waals surface area contributed by atoms with E-state index in [1.165, 1.54) is 29.8 Å². The molecule has 0 saturated carbocycles. The number of phenolic OH excluding ortho intramolecular Hbond substituents is 2. The number of nitrogens with zero attached hydrogens (tertiary/aromatic N) is 8. The standard InChI is InChI=1S/C17H15N5O7S.C10H9ClN4O2.Cr/c1-9-3-5-11(6-4-9)21-17(24)15(10(2)20-21)19-18-13-7-12(30(27,28)29)8-14(16(13)23)22(25)26;1-5-9(10(17)15-12-5)14-13-7-4-6(11)2-3-8(7)16;/h3-8,23-24H,1-2H3,(H,27,28,29);2-4,16H,1H3,(H2,12,15,17);. The van der Waals surface area contributed by atoms with Gasteiger partial charge in [0.1, 0.15) is 22.0 Å². The van der Waals surface area contributed by atoms with E-state index in [4.69, 9.17) is 11.6 Å². The second-order valence-corrected chi connectivity index (χ2v) is 11.4. The van der Waals surface area contributed by atoms with E-state index in [9.17, 15) is 43.5 Å². The summed E-state index contributed by atoms with van der Waals surface area (Å²) in [7, 11) is -4.82. The average Bonchev–Trinajstić information content (AvgIpc) is 3.48. The minimum Gasteiger partial charge on any atom is -0.506 e. The van der Waals surface area contributed by atoms with Crippen molar-refractivity contribution in [2.75, 3.05) is 0 Å². The van der Waals surface area contributed by atoms with Gasteiger partial charge in [-0.05, 0) is 57.2 Å². The molecule has 0 atom stereocenters. The molecule has 0 aliphatic heterocycles. The maximum absolute atomic E-state index is 11.4. The van der Waals surface area contributed by atoms with Crippen LogP contribution >= 0.6 is 11.6 Å². The number of halogens is 1. The molecule has 2 heterocycles. The molecule has 5 rings (SSSR count). The first kappa shape index (κ1) is 37.1. The molecule has 0 radical (unpaired) electrons. The quantitative estimate of drug-likeness (QED) is 0.0444. The van der Waals surface area contributed by atoms with E-state index >= 15 is 0 Å². The van der Waals surface area contributed by atoms with Crippen molar-refractivity contribution in [1.29, 1.82) is 0 Å². The summed E-state index contributed by atoms with van der Waals surface area (Å²) in [6, 6.07) is 12.7. The van der Waals surface area contributed by atoms with Gasteiger partial charge in [-0.2, -0.15) is 23.3 Å². The van der Waals surface area contributed by atoms with E-state index in [1.807, 2.05) is 19.1 Å². The third-order valence-corrected chi connectivity index (χ3v) is 7.24. The average molecular weight is 738 g/mol. The van der Waals surface area contributed by atoms with Gasteiger partial charge in [-0.25, -0.2) is 5.10 Å². The minimum absolute atomic E-state index is 0. The number of rotatable bonds is 7. The van der Waals surface area contributed by atoms with Gasteiger partial charge in [0.15, 0.2) is 11.4 Å². The van der Waals surface area contributed by atoms with Crippen LogP contribution in [0.5, 0.6) is 23.3 Å². The molecule has 18 nitrogen and oxygen atoms in total. The molecular formula is C27H24ClCrN9O9S. The van der Waals surface area contributed by atoms with E-state index < -0.39 is 37.1 Å². The molecule has 6 N–H and O–H groups in total. The Hall–Kier alpha value is -5.39. The fraction of sp³-hybridized carbons (Fsp3) is 0.111. The van der Waals surface area contributed by atoms with Gasteiger partial charge >= 0.3 is 5.69 Å². The zero-order chi connectivity index (χ0) is 34.6. The van der Waals surface area contributed by atoms with Crippen LogP contribution in [0, 0.1) is 30.9 Å². The third kappa shape index (κ3) is 8.49. The smallest absolute Gasteiger partial charge is 0.314 e. The van der Waals surface area contributed by atoms with Gasteiger partial charge in [0.05, 0.1) is 22.0 Å². The van der Waals surface area contributed by atoms with Gasteiger partial charge in [-0.3, -0.25) is 14.7 Å². The summed E-state index contributed by atoms with van der Waals surface area (Å²) >= 11 is 5.76. The molecule has 0 saturated heterocycles. The number of aromatic hydroxyl groups is 4. The first-order valence-corrected chi connectivity index (χ1v) is 14.8. The van der Waals surface area contributed by atoms with Crippen LogP contribution < -0.4 is 0 Å².